The molecular weight excluding hydrogens is 100 g/mol. The van der Waals surface area contributed by atoms with Crippen LogP contribution in [-0.2, 0) is 0 Å². The Kier molecular flexibility index (Phi) is 1.57. The summed E-state index contributed by atoms with van der Waals surface area (Å²) in [5.74, 6) is 0. The molecule has 0 radical (unpaired) electrons. The Labute approximate surface area is 48.4 Å². The fraction of sp³-hybridized carbons (Fsp3) is 0.333. The molecule has 0 saturated carbocycles. The van der Waals surface area contributed by atoms with Gasteiger partial charge in [-0.25, -0.2) is 0 Å². The number of dihydropyridines is 1. The van der Waals surface area contributed by atoms with Crippen LogP contribution in [0.3, 0.4) is 0 Å². The molecule has 1 aliphatic rings. The first-order valence-corrected chi connectivity index (χ1v) is 2.65. The molecule has 1 aliphatic heterocycles. The quantitative estimate of drug-likeness (QED) is 0.487. The predicted molar refractivity (Wildman–Crippen MR) is 34.8 cm³/mol. The smallest absolute Gasteiger partial charge is 0.0746 e. The maximum Gasteiger partial charge on any atom is 0.0746 e. The predicted octanol–water partition coefficient (Wildman–Crippen LogP) is 1.04. The molecule has 1 N–H and O–H groups in total. The average molecular weight is 108 g/mol. The summed E-state index contributed by atoms with van der Waals surface area (Å²) in [6.45, 7) is 0.848. The van der Waals surface area contributed by atoms with Gasteiger partial charge in [0, 0.05) is 12.8 Å². The van der Waals surface area contributed by atoms with Gasteiger partial charge in [0.15, 0.2) is 0 Å². The summed E-state index contributed by atoms with van der Waals surface area (Å²) in [6.07, 6.45) is 6.21. The van der Waals surface area contributed by atoms with E-state index in [9.17, 15) is 0 Å². The third kappa shape index (κ3) is 1.03. The van der Waals surface area contributed by atoms with Crippen molar-refractivity contribution in [1.82, 2.24) is 0 Å². The van der Waals surface area contributed by atoms with Crippen molar-refractivity contribution in [2.75, 3.05) is 6.54 Å². The van der Waals surface area contributed by atoms with Gasteiger partial charge in [0.25, 0.3) is 0 Å². The van der Waals surface area contributed by atoms with E-state index in [4.69, 9.17) is 5.41 Å². The second kappa shape index (κ2) is 2.40. The van der Waals surface area contributed by atoms with Crippen LogP contribution in [0.5, 0.6) is 0 Å². The number of hydrogen-bond acceptors (Lipinski definition) is 2. The first kappa shape index (κ1) is 5.22. The fourth-order valence-electron chi connectivity index (χ4n) is 0.619. The van der Waals surface area contributed by atoms with Gasteiger partial charge in [-0.05, 0) is 12.5 Å². The summed E-state index contributed by atoms with van der Waals surface area (Å²) >= 11 is 0. The monoisotopic (exact) mass is 108 g/mol. The van der Waals surface area contributed by atoms with Gasteiger partial charge in [-0.2, -0.15) is 0 Å². The fourth-order valence-corrected chi connectivity index (χ4v) is 0.619. The SMILES string of the molecule is N=CC1=NCCC=C1. The van der Waals surface area contributed by atoms with Crippen molar-refractivity contribution in [3.8, 4) is 0 Å². The Morgan fingerprint density at radius 2 is 2.62 bits per heavy atom. The van der Waals surface area contributed by atoms with Crippen LogP contribution in [0.15, 0.2) is 17.1 Å². The van der Waals surface area contributed by atoms with Crippen molar-refractivity contribution < 1.29 is 0 Å². The van der Waals surface area contributed by atoms with Gasteiger partial charge in [0.1, 0.15) is 0 Å². The summed E-state index contributed by atoms with van der Waals surface area (Å²) in [5.41, 5.74) is 0.788. The Bertz CT molecular complexity index is 145. The number of nitrogens with zero attached hydrogens (tertiary/aromatic N) is 1. The number of hydrogen-bond donors (Lipinski definition) is 1. The highest BCUT2D eigenvalue weighted by Gasteiger charge is 1.90. The van der Waals surface area contributed by atoms with Crippen LogP contribution < -0.4 is 0 Å². The highest BCUT2D eigenvalue weighted by molar-refractivity contribution is 6.34. The summed E-state index contributed by atoms with van der Waals surface area (Å²) in [5, 5.41) is 6.79. The summed E-state index contributed by atoms with van der Waals surface area (Å²) in [4.78, 5) is 4.03. The number of nitrogens with one attached hydrogen (secondary N) is 1. The molecule has 0 amide bonds. The first-order valence-electron chi connectivity index (χ1n) is 2.65. The van der Waals surface area contributed by atoms with Crippen molar-refractivity contribution in [3.63, 3.8) is 0 Å². The van der Waals surface area contributed by atoms with E-state index in [-0.39, 0.29) is 0 Å². The van der Waals surface area contributed by atoms with Gasteiger partial charge in [-0.1, -0.05) is 6.08 Å². The Hall–Kier alpha value is -0.920. The second-order valence-electron chi connectivity index (χ2n) is 1.64. The minimum absolute atomic E-state index is 0.788. The third-order valence-electron chi connectivity index (χ3n) is 1.03. The minimum Gasteiger partial charge on any atom is -0.307 e. The van der Waals surface area contributed by atoms with Crippen LogP contribution in [-0.4, -0.2) is 18.5 Å². The number of allylic oxidation sites excluding steroid dienone is 1. The molecule has 1 rings (SSSR count). The van der Waals surface area contributed by atoms with Crippen LogP contribution >= 0.6 is 0 Å². The van der Waals surface area contributed by atoms with Gasteiger partial charge < -0.3 is 5.41 Å². The topological polar surface area (TPSA) is 36.2 Å². The minimum atomic E-state index is 0.788. The number of aliphatic imine (C=N–C) groups is 1. The molecule has 0 aromatic rings. The van der Waals surface area contributed by atoms with Crippen molar-refractivity contribution in [1.29, 1.82) is 5.41 Å². The molecule has 2 heteroatoms. The molecule has 0 bridgehead atoms. The normalized spacial score (nSPS) is 17.8. The van der Waals surface area contributed by atoms with Crippen LogP contribution in [0.2, 0.25) is 0 Å². The van der Waals surface area contributed by atoms with Gasteiger partial charge in [-0.3, -0.25) is 4.99 Å². The summed E-state index contributed by atoms with van der Waals surface area (Å²) in [7, 11) is 0. The molecule has 1 heterocycles. The van der Waals surface area contributed by atoms with E-state index in [0.29, 0.717) is 0 Å². The zero-order chi connectivity index (χ0) is 5.82. The zero-order valence-corrected chi connectivity index (χ0v) is 4.59. The van der Waals surface area contributed by atoms with Crippen molar-refractivity contribution >= 4 is 11.9 Å². The molecule has 42 valence electrons. The van der Waals surface area contributed by atoms with E-state index in [1.165, 1.54) is 6.21 Å². The lowest BCUT2D eigenvalue weighted by atomic mass is 10.2. The highest BCUT2D eigenvalue weighted by atomic mass is 14.7. The van der Waals surface area contributed by atoms with E-state index < -0.39 is 0 Å². The maximum atomic E-state index is 6.79. The van der Waals surface area contributed by atoms with Gasteiger partial charge in [-0.15, -0.1) is 0 Å². The van der Waals surface area contributed by atoms with Crippen LogP contribution in [0, 0.1) is 5.41 Å². The van der Waals surface area contributed by atoms with Gasteiger partial charge >= 0.3 is 0 Å². The molecule has 0 aromatic carbocycles. The standard InChI is InChI=1S/C6H8N2/c7-5-6-3-1-2-4-8-6/h1,3,5,7H,2,4H2. The highest BCUT2D eigenvalue weighted by Crippen LogP contribution is 1.93. The lowest BCUT2D eigenvalue weighted by Gasteiger charge is -1.97. The molecule has 8 heavy (non-hydrogen) atoms. The lowest BCUT2D eigenvalue weighted by Crippen LogP contribution is -1.99. The molecule has 0 unspecified atom stereocenters. The van der Waals surface area contributed by atoms with E-state index in [1.807, 2.05) is 12.2 Å². The first-order chi connectivity index (χ1) is 3.93. The largest absolute Gasteiger partial charge is 0.307 e. The molecule has 0 aromatic heterocycles. The molecule has 2 nitrogen and oxygen atoms in total. The van der Waals surface area contributed by atoms with Gasteiger partial charge in [0.05, 0.1) is 5.71 Å². The van der Waals surface area contributed by atoms with Crippen LogP contribution in [0.25, 0.3) is 0 Å². The van der Waals surface area contributed by atoms with Crippen molar-refractivity contribution in [2.45, 2.75) is 6.42 Å². The Morgan fingerprint density at radius 1 is 1.75 bits per heavy atom. The summed E-state index contributed by atoms with van der Waals surface area (Å²) in [6, 6.07) is 0. The average Bonchev–Trinajstić information content (AvgIpc) is 1.90. The Balaban J connectivity index is 2.64. The molecular formula is C6H8N2. The molecule has 0 atom stereocenters. The molecule has 0 aliphatic carbocycles. The maximum absolute atomic E-state index is 6.79. The van der Waals surface area contributed by atoms with E-state index in [2.05, 4.69) is 4.99 Å². The Morgan fingerprint density at radius 3 is 3.00 bits per heavy atom. The summed E-state index contributed by atoms with van der Waals surface area (Å²) < 4.78 is 0. The van der Waals surface area contributed by atoms with Crippen molar-refractivity contribution in [3.05, 3.63) is 12.2 Å². The van der Waals surface area contributed by atoms with Gasteiger partial charge in [0.2, 0.25) is 0 Å². The molecule has 0 spiro atoms. The number of rotatable bonds is 1. The third-order valence-corrected chi connectivity index (χ3v) is 1.03. The second-order valence-corrected chi connectivity index (χ2v) is 1.64. The zero-order valence-electron chi connectivity index (χ0n) is 4.59. The molecule has 0 fully saturated rings. The molecule has 0 saturated heterocycles. The van der Waals surface area contributed by atoms with E-state index >= 15 is 0 Å². The van der Waals surface area contributed by atoms with Crippen LogP contribution in [0.4, 0.5) is 0 Å². The van der Waals surface area contributed by atoms with Crippen LogP contribution in [0.1, 0.15) is 6.42 Å². The van der Waals surface area contributed by atoms with Crippen molar-refractivity contribution in [2.24, 2.45) is 4.99 Å². The lowest BCUT2D eigenvalue weighted by molar-refractivity contribution is 0.998. The van der Waals surface area contributed by atoms with E-state index in [1.54, 1.807) is 0 Å². The van der Waals surface area contributed by atoms with E-state index in [0.717, 1.165) is 18.7 Å².